The van der Waals surface area contributed by atoms with Gasteiger partial charge in [-0.05, 0) is 56.9 Å². The topological polar surface area (TPSA) is 41.6 Å². The molecule has 1 N–H and O–H groups in total. The molecule has 1 saturated heterocycles. The minimum absolute atomic E-state index is 0.123. The van der Waals surface area contributed by atoms with Gasteiger partial charge in [-0.15, -0.1) is 0 Å². The molecule has 2 fully saturated rings. The molecule has 4 heteroatoms. The number of nitrogens with one attached hydrogen (secondary N) is 1. The molecule has 1 heterocycles. The number of rotatable bonds is 3. The fourth-order valence-electron chi connectivity index (χ4n) is 3.36. The van der Waals surface area contributed by atoms with Gasteiger partial charge in [-0.1, -0.05) is 6.42 Å². The summed E-state index contributed by atoms with van der Waals surface area (Å²) in [6, 6.07) is 7.92. The number of hydrogen-bond acceptors (Lipinski definition) is 3. The lowest BCUT2D eigenvalue weighted by atomic mass is 9.98. The van der Waals surface area contributed by atoms with Crippen molar-refractivity contribution in [3.05, 3.63) is 29.8 Å². The van der Waals surface area contributed by atoms with E-state index < -0.39 is 0 Å². The van der Waals surface area contributed by atoms with Crippen LogP contribution in [-0.4, -0.2) is 42.6 Å². The molecule has 1 amide bonds. The van der Waals surface area contributed by atoms with Crippen LogP contribution in [0.3, 0.4) is 0 Å². The molecule has 1 aromatic rings. The van der Waals surface area contributed by atoms with Gasteiger partial charge in [0, 0.05) is 31.2 Å². The summed E-state index contributed by atoms with van der Waals surface area (Å²) in [7, 11) is 0. The summed E-state index contributed by atoms with van der Waals surface area (Å²) in [5, 5.41) is 3.31. The third-order valence-electron chi connectivity index (χ3n) is 4.72. The van der Waals surface area contributed by atoms with E-state index in [2.05, 4.69) is 12.2 Å². The summed E-state index contributed by atoms with van der Waals surface area (Å²) in [5.74, 6) is 1.01. The van der Waals surface area contributed by atoms with E-state index >= 15 is 0 Å². The van der Waals surface area contributed by atoms with Crippen LogP contribution in [0, 0.1) is 0 Å². The highest BCUT2D eigenvalue weighted by molar-refractivity contribution is 5.94. The Morgan fingerprint density at radius 3 is 2.59 bits per heavy atom. The highest BCUT2D eigenvalue weighted by Gasteiger charge is 2.24. The Morgan fingerprint density at radius 2 is 1.91 bits per heavy atom. The Labute approximate surface area is 132 Å². The number of carbonyl (C=O) groups is 1. The van der Waals surface area contributed by atoms with Crippen molar-refractivity contribution in [1.29, 1.82) is 0 Å². The largest absolute Gasteiger partial charge is 0.490 e. The van der Waals surface area contributed by atoms with Gasteiger partial charge in [-0.25, -0.2) is 0 Å². The number of piperazine rings is 1. The average Bonchev–Trinajstić information content (AvgIpc) is 2.56. The second-order valence-corrected chi connectivity index (χ2v) is 6.45. The second kappa shape index (κ2) is 7.14. The maximum atomic E-state index is 12.6. The highest BCUT2D eigenvalue weighted by atomic mass is 16.5. The van der Waals surface area contributed by atoms with Crippen LogP contribution in [0.25, 0.3) is 0 Å². The lowest BCUT2D eigenvalue weighted by Gasteiger charge is -2.34. The quantitative estimate of drug-likeness (QED) is 0.933. The third-order valence-corrected chi connectivity index (χ3v) is 4.72. The lowest BCUT2D eigenvalue weighted by Crippen LogP contribution is -2.52. The van der Waals surface area contributed by atoms with Gasteiger partial charge in [0.15, 0.2) is 0 Å². The summed E-state index contributed by atoms with van der Waals surface area (Å²) in [6.45, 7) is 4.61. The molecule has 0 radical (unpaired) electrons. The van der Waals surface area contributed by atoms with E-state index in [1.165, 1.54) is 19.3 Å². The third kappa shape index (κ3) is 3.61. The van der Waals surface area contributed by atoms with Gasteiger partial charge < -0.3 is 15.0 Å². The van der Waals surface area contributed by atoms with E-state index in [0.29, 0.717) is 6.10 Å². The van der Waals surface area contributed by atoms with Crippen LogP contribution in [0.2, 0.25) is 0 Å². The fraction of sp³-hybridized carbons (Fsp3) is 0.611. The molecule has 1 atom stereocenters. The van der Waals surface area contributed by atoms with Crippen molar-refractivity contribution in [2.75, 3.05) is 19.6 Å². The van der Waals surface area contributed by atoms with Crippen LogP contribution >= 0.6 is 0 Å². The van der Waals surface area contributed by atoms with E-state index in [1.807, 2.05) is 29.2 Å². The summed E-state index contributed by atoms with van der Waals surface area (Å²) in [6.07, 6.45) is 6.52. The summed E-state index contributed by atoms with van der Waals surface area (Å²) < 4.78 is 6.02. The predicted octanol–water partition coefficient (Wildman–Crippen LogP) is 2.83. The van der Waals surface area contributed by atoms with E-state index in [1.54, 1.807) is 0 Å². The molecule has 0 unspecified atom stereocenters. The van der Waals surface area contributed by atoms with E-state index in [-0.39, 0.29) is 11.9 Å². The molecular weight excluding hydrogens is 276 g/mol. The van der Waals surface area contributed by atoms with Gasteiger partial charge in [0.1, 0.15) is 5.75 Å². The minimum atomic E-state index is 0.123. The first-order valence-corrected chi connectivity index (χ1v) is 8.52. The summed E-state index contributed by atoms with van der Waals surface area (Å²) in [4.78, 5) is 14.5. The zero-order chi connectivity index (χ0) is 15.4. The lowest BCUT2D eigenvalue weighted by molar-refractivity contribution is 0.0655. The van der Waals surface area contributed by atoms with Crippen molar-refractivity contribution in [2.45, 2.75) is 51.2 Å². The first kappa shape index (κ1) is 15.3. The zero-order valence-electron chi connectivity index (χ0n) is 13.4. The standard InChI is InChI=1S/C18H26N2O2/c1-14-13-19-11-12-20(14)18(21)15-7-9-17(10-8-15)22-16-5-3-2-4-6-16/h7-10,14,16,19H,2-6,11-13H2,1H3/t14-/m0/s1. The average molecular weight is 302 g/mol. The zero-order valence-corrected chi connectivity index (χ0v) is 13.4. The number of amides is 1. The number of benzene rings is 1. The van der Waals surface area contributed by atoms with Crippen LogP contribution in [0.1, 0.15) is 49.4 Å². The number of ether oxygens (including phenoxy) is 1. The second-order valence-electron chi connectivity index (χ2n) is 6.45. The smallest absolute Gasteiger partial charge is 0.254 e. The number of nitrogens with zero attached hydrogens (tertiary/aromatic N) is 1. The molecule has 1 saturated carbocycles. The van der Waals surface area contributed by atoms with E-state index in [9.17, 15) is 4.79 Å². The maximum absolute atomic E-state index is 12.6. The first-order chi connectivity index (χ1) is 10.7. The first-order valence-electron chi connectivity index (χ1n) is 8.52. The minimum Gasteiger partial charge on any atom is -0.490 e. The van der Waals surface area contributed by atoms with Gasteiger partial charge in [0.2, 0.25) is 0 Å². The molecule has 2 aliphatic rings. The highest BCUT2D eigenvalue weighted by Crippen LogP contribution is 2.24. The van der Waals surface area contributed by atoms with Gasteiger partial charge in [0.05, 0.1) is 6.10 Å². The van der Waals surface area contributed by atoms with Crippen LogP contribution in [0.4, 0.5) is 0 Å². The molecule has 0 spiro atoms. The molecule has 22 heavy (non-hydrogen) atoms. The Kier molecular flexibility index (Phi) is 4.98. The van der Waals surface area contributed by atoms with Crippen LogP contribution in [0.15, 0.2) is 24.3 Å². The van der Waals surface area contributed by atoms with Gasteiger partial charge >= 0.3 is 0 Å². The van der Waals surface area contributed by atoms with Crippen molar-refractivity contribution in [1.82, 2.24) is 10.2 Å². The number of carbonyl (C=O) groups excluding carboxylic acids is 1. The van der Waals surface area contributed by atoms with Crippen molar-refractivity contribution in [3.63, 3.8) is 0 Å². The molecule has 4 nitrogen and oxygen atoms in total. The summed E-state index contributed by atoms with van der Waals surface area (Å²) >= 11 is 0. The Hall–Kier alpha value is -1.55. The number of hydrogen-bond donors (Lipinski definition) is 1. The Morgan fingerprint density at radius 1 is 1.18 bits per heavy atom. The van der Waals surface area contributed by atoms with Crippen LogP contribution in [0.5, 0.6) is 5.75 Å². The molecule has 0 aromatic heterocycles. The SMILES string of the molecule is C[C@H]1CNCCN1C(=O)c1ccc(OC2CCCCC2)cc1. The molecule has 120 valence electrons. The Bertz CT molecular complexity index is 494. The van der Waals surface area contributed by atoms with Crippen LogP contribution in [-0.2, 0) is 0 Å². The maximum Gasteiger partial charge on any atom is 0.254 e. The summed E-state index contributed by atoms with van der Waals surface area (Å²) in [5.41, 5.74) is 0.754. The van der Waals surface area contributed by atoms with Gasteiger partial charge in [0.25, 0.3) is 5.91 Å². The molecule has 3 rings (SSSR count). The molecular formula is C18H26N2O2. The van der Waals surface area contributed by atoms with Crippen LogP contribution < -0.4 is 10.1 Å². The van der Waals surface area contributed by atoms with E-state index in [0.717, 1.165) is 43.8 Å². The van der Waals surface area contributed by atoms with Gasteiger partial charge in [-0.2, -0.15) is 0 Å². The van der Waals surface area contributed by atoms with Crippen molar-refractivity contribution >= 4 is 5.91 Å². The van der Waals surface area contributed by atoms with Crippen molar-refractivity contribution in [3.8, 4) is 5.75 Å². The molecule has 1 aromatic carbocycles. The molecule has 1 aliphatic carbocycles. The molecule has 0 bridgehead atoms. The van der Waals surface area contributed by atoms with Crippen molar-refractivity contribution in [2.24, 2.45) is 0 Å². The monoisotopic (exact) mass is 302 g/mol. The van der Waals surface area contributed by atoms with Gasteiger partial charge in [-0.3, -0.25) is 4.79 Å². The molecule has 1 aliphatic heterocycles. The van der Waals surface area contributed by atoms with E-state index in [4.69, 9.17) is 4.74 Å². The van der Waals surface area contributed by atoms with Crippen molar-refractivity contribution < 1.29 is 9.53 Å². The Balaban J connectivity index is 1.61. The normalized spacial score (nSPS) is 23.3. The fourth-order valence-corrected chi connectivity index (χ4v) is 3.36. The predicted molar refractivity (Wildman–Crippen MR) is 87.3 cm³/mol.